The molecule has 4 N–H and O–H groups in total. The number of nitrogens with two attached hydrogens (primary N) is 1. The van der Waals surface area contributed by atoms with Crippen LogP contribution in [0.3, 0.4) is 0 Å². The molecule has 0 aromatic heterocycles. The number of aryl methyl sites for hydroxylation is 1. The molecule has 0 saturated heterocycles. The van der Waals surface area contributed by atoms with Gasteiger partial charge in [-0.05, 0) is 52.3 Å². The van der Waals surface area contributed by atoms with Crippen LogP contribution in [-0.2, 0) is 4.79 Å². The highest BCUT2D eigenvalue weighted by molar-refractivity contribution is 6.00. The second kappa shape index (κ2) is 6.05. The number of anilines is 1. The van der Waals surface area contributed by atoms with Crippen molar-refractivity contribution in [2.24, 2.45) is 5.73 Å². The van der Waals surface area contributed by atoms with Crippen LogP contribution in [-0.4, -0.2) is 23.4 Å². The highest BCUT2D eigenvalue weighted by Crippen LogP contribution is 2.16. The number of rotatable bonds is 4. The topological polar surface area (TPSA) is 84.2 Å². The van der Waals surface area contributed by atoms with Crippen molar-refractivity contribution in [3.8, 4) is 0 Å². The molecule has 0 heterocycles. The zero-order chi connectivity index (χ0) is 15.5. The van der Waals surface area contributed by atoms with E-state index in [1.54, 1.807) is 32.0 Å². The second-order valence-corrected chi connectivity index (χ2v) is 5.83. The highest BCUT2D eigenvalue weighted by atomic mass is 16.2. The lowest BCUT2D eigenvalue weighted by atomic mass is 10.0. The van der Waals surface area contributed by atoms with E-state index >= 15 is 0 Å². The lowest BCUT2D eigenvalue weighted by molar-refractivity contribution is -0.120. The average molecular weight is 277 g/mol. The van der Waals surface area contributed by atoms with E-state index in [0.29, 0.717) is 11.3 Å². The number of hydrogen-bond donors (Lipinski definition) is 3. The number of hydrogen-bond acceptors (Lipinski definition) is 3. The number of amides is 2. The van der Waals surface area contributed by atoms with Crippen molar-refractivity contribution < 1.29 is 9.59 Å². The lowest BCUT2D eigenvalue weighted by Gasteiger charge is -2.18. The molecule has 0 fully saturated rings. The Morgan fingerprint density at radius 3 is 2.35 bits per heavy atom. The Balaban J connectivity index is 2.97. The van der Waals surface area contributed by atoms with Crippen LogP contribution >= 0.6 is 0 Å². The Morgan fingerprint density at radius 1 is 1.25 bits per heavy atom. The van der Waals surface area contributed by atoms with Gasteiger partial charge in [0.05, 0.1) is 5.54 Å². The lowest BCUT2D eigenvalue weighted by Crippen LogP contribution is -2.45. The summed E-state index contributed by atoms with van der Waals surface area (Å²) >= 11 is 0. The molecule has 1 rings (SSSR count). The van der Waals surface area contributed by atoms with Crippen molar-refractivity contribution in [3.63, 3.8) is 0 Å². The minimum Gasteiger partial charge on any atom is -0.350 e. The predicted octanol–water partition coefficient (Wildman–Crippen LogP) is 1.81. The zero-order valence-electron chi connectivity index (χ0n) is 12.7. The van der Waals surface area contributed by atoms with E-state index in [9.17, 15) is 9.59 Å². The third kappa shape index (κ3) is 4.35. The van der Waals surface area contributed by atoms with Gasteiger partial charge in [-0.2, -0.15) is 0 Å². The van der Waals surface area contributed by atoms with Crippen LogP contribution in [0, 0.1) is 6.92 Å². The van der Waals surface area contributed by atoms with E-state index in [2.05, 4.69) is 10.6 Å². The Morgan fingerprint density at radius 2 is 1.85 bits per heavy atom. The van der Waals surface area contributed by atoms with Crippen molar-refractivity contribution >= 4 is 17.5 Å². The third-order valence-electron chi connectivity index (χ3n) is 2.75. The summed E-state index contributed by atoms with van der Waals surface area (Å²) in [5.41, 5.74) is 6.73. The van der Waals surface area contributed by atoms with Gasteiger partial charge in [0, 0.05) is 17.3 Å². The monoisotopic (exact) mass is 277 g/mol. The summed E-state index contributed by atoms with van der Waals surface area (Å²) in [5.74, 6) is -0.447. The molecule has 20 heavy (non-hydrogen) atoms. The van der Waals surface area contributed by atoms with Gasteiger partial charge < -0.3 is 16.4 Å². The SMILES string of the molecule is Cc1ccc(NC(=O)C(C)(C)N)cc1C(=O)NC(C)C. The van der Waals surface area contributed by atoms with Crippen LogP contribution in [0.25, 0.3) is 0 Å². The summed E-state index contributed by atoms with van der Waals surface area (Å²) in [7, 11) is 0. The van der Waals surface area contributed by atoms with Crippen LogP contribution in [0.2, 0.25) is 0 Å². The molecule has 0 aliphatic heterocycles. The maximum atomic E-state index is 12.1. The van der Waals surface area contributed by atoms with Crippen LogP contribution in [0.1, 0.15) is 43.6 Å². The maximum absolute atomic E-state index is 12.1. The molecule has 0 bridgehead atoms. The first-order valence-corrected chi connectivity index (χ1v) is 6.63. The summed E-state index contributed by atoms with van der Waals surface area (Å²) in [5, 5.41) is 5.55. The first kappa shape index (κ1) is 16.2. The molecule has 0 saturated carbocycles. The quantitative estimate of drug-likeness (QED) is 0.784. The van der Waals surface area contributed by atoms with Gasteiger partial charge >= 0.3 is 0 Å². The van der Waals surface area contributed by atoms with Crippen molar-refractivity contribution in [1.82, 2.24) is 5.32 Å². The van der Waals surface area contributed by atoms with Gasteiger partial charge in [-0.15, -0.1) is 0 Å². The van der Waals surface area contributed by atoms with E-state index in [1.165, 1.54) is 0 Å². The fourth-order valence-electron chi connectivity index (χ4n) is 1.58. The van der Waals surface area contributed by atoms with Crippen LogP contribution in [0.15, 0.2) is 18.2 Å². The largest absolute Gasteiger partial charge is 0.350 e. The average Bonchev–Trinajstić information content (AvgIpc) is 2.29. The number of benzene rings is 1. The van der Waals surface area contributed by atoms with Gasteiger partial charge in [-0.1, -0.05) is 6.07 Å². The summed E-state index contributed by atoms with van der Waals surface area (Å²) in [6.45, 7) is 8.91. The third-order valence-corrected chi connectivity index (χ3v) is 2.75. The minimum absolute atomic E-state index is 0.0584. The van der Waals surface area contributed by atoms with Gasteiger partial charge in [0.15, 0.2) is 0 Å². The molecule has 2 amide bonds. The molecule has 0 atom stereocenters. The highest BCUT2D eigenvalue weighted by Gasteiger charge is 2.22. The molecule has 0 radical (unpaired) electrons. The molecule has 5 heteroatoms. The molecule has 0 aliphatic carbocycles. The predicted molar refractivity (Wildman–Crippen MR) is 80.7 cm³/mol. The molecular formula is C15H23N3O2. The van der Waals surface area contributed by atoms with E-state index < -0.39 is 5.54 Å². The number of carbonyl (C=O) groups is 2. The van der Waals surface area contributed by atoms with Gasteiger partial charge in [0.25, 0.3) is 5.91 Å². The minimum atomic E-state index is -0.967. The van der Waals surface area contributed by atoms with Crippen LogP contribution < -0.4 is 16.4 Å². The van der Waals surface area contributed by atoms with Crippen molar-refractivity contribution in [2.45, 2.75) is 46.2 Å². The summed E-state index contributed by atoms with van der Waals surface area (Å²) in [6.07, 6.45) is 0. The molecule has 1 aromatic rings. The van der Waals surface area contributed by atoms with Gasteiger partial charge in [0.1, 0.15) is 0 Å². The van der Waals surface area contributed by atoms with Gasteiger partial charge in [-0.25, -0.2) is 0 Å². The van der Waals surface area contributed by atoms with Crippen molar-refractivity contribution in [2.75, 3.05) is 5.32 Å². The molecule has 0 unspecified atom stereocenters. The molecule has 0 spiro atoms. The smallest absolute Gasteiger partial charge is 0.251 e. The zero-order valence-corrected chi connectivity index (χ0v) is 12.7. The van der Waals surface area contributed by atoms with Crippen molar-refractivity contribution in [1.29, 1.82) is 0 Å². The van der Waals surface area contributed by atoms with E-state index in [1.807, 2.05) is 20.8 Å². The summed E-state index contributed by atoms with van der Waals surface area (Å²) in [4.78, 5) is 23.9. The first-order chi connectivity index (χ1) is 9.11. The molecule has 110 valence electrons. The van der Waals surface area contributed by atoms with Crippen LogP contribution in [0.5, 0.6) is 0 Å². The first-order valence-electron chi connectivity index (χ1n) is 6.63. The van der Waals surface area contributed by atoms with Gasteiger partial charge in [-0.3, -0.25) is 9.59 Å². The Labute approximate surface area is 119 Å². The van der Waals surface area contributed by atoms with E-state index in [4.69, 9.17) is 5.73 Å². The Hall–Kier alpha value is -1.88. The number of carbonyl (C=O) groups excluding carboxylic acids is 2. The summed E-state index contributed by atoms with van der Waals surface area (Å²) < 4.78 is 0. The van der Waals surface area contributed by atoms with E-state index in [0.717, 1.165) is 5.56 Å². The standard InChI is InChI=1S/C15H23N3O2/c1-9(2)17-13(19)12-8-11(7-6-10(12)3)18-14(20)15(4,5)16/h6-9H,16H2,1-5H3,(H,17,19)(H,18,20). The van der Waals surface area contributed by atoms with E-state index in [-0.39, 0.29) is 17.9 Å². The molecular weight excluding hydrogens is 254 g/mol. The Bertz CT molecular complexity index is 516. The second-order valence-electron chi connectivity index (χ2n) is 5.83. The molecule has 1 aromatic carbocycles. The Kier molecular flexibility index (Phi) is 4.89. The van der Waals surface area contributed by atoms with Crippen molar-refractivity contribution in [3.05, 3.63) is 29.3 Å². The van der Waals surface area contributed by atoms with Crippen LogP contribution in [0.4, 0.5) is 5.69 Å². The van der Waals surface area contributed by atoms with Gasteiger partial charge in [0.2, 0.25) is 5.91 Å². The maximum Gasteiger partial charge on any atom is 0.251 e. The molecule has 5 nitrogen and oxygen atoms in total. The number of nitrogens with one attached hydrogen (secondary N) is 2. The molecule has 0 aliphatic rings. The fourth-order valence-corrected chi connectivity index (χ4v) is 1.58. The normalized spacial score (nSPS) is 11.3. The summed E-state index contributed by atoms with van der Waals surface area (Å²) in [6, 6.07) is 5.28. The fraction of sp³-hybridized carbons (Fsp3) is 0.467.